The standard InChI is InChI=1S/C8H20N.C2H4OS.5CO.W/c1-5-9(6-2,7-3)8-4;1-2(3)4;5*1-2;/h5-8H2,1-4H3;1H3,(H,3,4);;;;;;/q+1;;;;;;;/p-1. The van der Waals surface area contributed by atoms with Gasteiger partial charge in [0.2, 0.25) is 0 Å². The van der Waals surface area contributed by atoms with Crippen LogP contribution in [0.4, 0.5) is 0 Å². The van der Waals surface area contributed by atoms with E-state index in [4.69, 9.17) is 23.3 Å². The van der Waals surface area contributed by atoms with E-state index in [1.807, 2.05) is 0 Å². The van der Waals surface area contributed by atoms with Gasteiger partial charge in [0.1, 0.15) is 0 Å². The Bertz CT molecular complexity index is 253. The van der Waals surface area contributed by atoms with Gasteiger partial charge < -0.3 is 21.9 Å². The smallest absolute Gasteiger partial charge is 0 e. The molecule has 0 aliphatic carbocycles. The van der Waals surface area contributed by atoms with Crippen molar-refractivity contribution in [2.45, 2.75) is 34.6 Å². The molecule has 0 N–H and O–H groups in total. The van der Waals surface area contributed by atoms with Crippen molar-refractivity contribution in [3.05, 3.63) is 33.3 Å². The molecule has 24 heavy (non-hydrogen) atoms. The Kier molecular flexibility index (Phi) is 138. The molecular weight excluding hydrogens is 506 g/mol. The molecule has 0 aromatic heterocycles. The van der Waals surface area contributed by atoms with Crippen molar-refractivity contribution >= 4 is 17.7 Å². The second-order valence-corrected chi connectivity index (χ2v) is 3.67. The summed E-state index contributed by atoms with van der Waals surface area (Å²) in [4.78, 5) is 9.26. The van der Waals surface area contributed by atoms with Crippen LogP contribution in [0.3, 0.4) is 0 Å². The molecule has 0 unspecified atom stereocenters. The van der Waals surface area contributed by atoms with E-state index in [1.165, 1.54) is 37.6 Å². The molecule has 136 valence electrons. The van der Waals surface area contributed by atoms with Gasteiger partial charge in [-0.05, 0) is 34.6 Å². The molecule has 0 aromatic rings. The first-order chi connectivity index (χ1) is 11.0. The number of carbonyl (C=O) groups excluding carboxylic acids is 1. The quantitative estimate of drug-likeness (QED) is 0.239. The number of rotatable bonds is 4. The molecule has 0 fully saturated rings. The molecule has 0 bridgehead atoms. The van der Waals surface area contributed by atoms with Crippen LogP contribution >= 0.6 is 0 Å². The van der Waals surface area contributed by atoms with E-state index in [1.54, 1.807) is 0 Å². The third kappa shape index (κ3) is 68.9. The largest absolute Gasteiger partial charge is 0 e. The maximum Gasteiger partial charge on any atom is 0 e. The van der Waals surface area contributed by atoms with Crippen molar-refractivity contribution in [3.63, 3.8) is 0 Å². The molecule has 9 heteroatoms. The van der Waals surface area contributed by atoms with Gasteiger partial charge in [-0.15, -0.1) is 0 Å². The molecule has 0 atom stereocenters. The first-order valence-corrected chi connectivity index (χ1v) is 6.43. The minimum atomic E-state index is -0.250. The van der Waals surface area contributed by atoms with Gasteiger partial charge in [0.05, 0.1) is 26.2 Å². The van der Waals surface area contributed by atoms with Gasteiger partial charge in [-0.25, -0.2) is 0 Å². The van der Waals surface area contributed by atoms with Crippen molar-refractivity contribution in [1.29, 1.82) is 0 Å². The van der Waals surface area contributed by atoms with Crippen LogP contribution in [0.5, 0.6) is 0 Å². The third-order valence-corrected chi connectivity index (χ3v) is 2.68. The Hall–Kier alpha value is -0.762. The monoisotopic (exact) mass is 529 g/mol. The van der Waals surface area contributed by atoms with E-state index in [2.05, 4.69) is 73.6 Å². The summed E-state index contributed by atoms with van der Waals surface area (Å²) in [6.45, 7) is 38.1. The van der Waals surface area contributed by atoms with Crippen LogP contribution in [0.15, 0.2) is 0 Å². The minimum Gasteiger partial charge on any atom is 0 e. The normalized spacial score (nSPS) is 5.96. The first-order valence-electron chi connectivity index (χ1n) is 6.02. The maximum atomic E-state index is 9.26. The number of nitrogens with zero attached hydrogens (tertiary/aromatic N) is 1. The second kappa shape index (κ2) is 67.0. The average molecular weight is 529 g/mol. The van der Waals surface area contributed by atoms with Gasteiger partial charge in [0, 0.05) is 26.2 Å². The van der Waals surface area contributed by atoms with Gasteiger partial charge in [-0.2, -0.15) is 0 Å². The fraction of sp³-hybridized carbons (Fsp3) is 0.600. The fourth-order valence-electron chi connectivity index (χ4n) is 1.34. The second-order valence-electron chi connectivity index (χ2n) is 3.10. The van der Waals surface area contributed by atoms with Crippen LogP contribution in [0.25, 0.3) is 0 Å². The summed E-state index contributed by atoms with van der Waals surface area (Å²) >= 11 is 3.98. The molecule has 0 spiro atoms. The van der Waals surface area contributed by atoms with Crippen LogP contribution in [-0.4, -0.2) is 35.8 Å². The van der Waals surface area contributed by atoms with Crippen molar-refractivity contribution < 1.29 is 53.6 Å². The Balaban J connectivity index is -0.0000000243. The molecular formula is C15H23NO6SW. The van der Waals surface area contributed by atoms with E-state index in [9.17, 15) is 4.79 Å². The molecule has 0 saturated carbocycles. The summed E-state index contributed by atoms with van der Waals surface area (Å²) in [7, 11) is 0. The van der Waals surface area contributed by atoms with E-state index in [0.29, 0.717) is 0 Å². The van der Waals surface area contributed by atoms with Gasteiger partial charge in [0.15, 0.2) is 0 Å². The number of quaternary nitrogens is 1. The van der Waals surface area contributed by atoms with Gasteiger partial charge in [-0.1, -0.05) is 0 Å². The van der Waals surface area contributed by atoms with E-state index >= 15 is 0 Å². The molecule has 0 saturated heterocycles. The number of hydrogen-bond acceptors (Lipinski definition) is 2. The average Bonchev–Trinajstić information content (AvgIpc) is 2.65. The van der Waals surface area contributed by atoms with E-state index in [-0.39, 0.29) is 26.2 Å². The molecule has 0 radical (unpaired) electrons. The van der Waals surface area contributed by atoms with Crippen LogP contribution in [0.2, 0.25) is 0 Å². The van der Waals surface area contributed by atoms with Crippen LogP contribution in [0.1, 0.15) is 34.6 Å². The Morgan fingerprint density at radius 1 is 0.708 bits per heavy atom. The molecule has 0 amide bonds. The Morgan fingerprint density at radius 3 is 0.792 bits per heavy atom. The molecule has 0 rings (SSSR count). The SMILES string of the molecule is CC(=O)[S-].CC[N+](CC)(CC)CC.[C-]#[O+].[C-]#[O+].[C-]#[O+].[C-]#[O+].[C-]#[O+].[W]. The van der Waals surface area contributed by atoms with E-state index in [0.717, 1.165) is 0 Å². The summed E-state index contributed by atoms with van der Waals surface area (Å²) in [5.41, 5.74) is 0. The number of hydrogen-bond donors (Lipinski definition) is 0. The zero-order valence-corrected chi connectivity index (χ0v) is 18.3. The fourth-order valence-corrected chi connectivity index (χ4v) is 1.34. The van der Waals surface area contributed by atoms with E-state index < -0.39 is 0 Å². The number of carbonyl (C=O) groups is 1. The van der Waals surface area contributed by atoms with Crippen LogP contribution in [-0.2, 0) is 61.7 Å². The molecule has 7 nitrogen and oxygen atoms in total. The van der Waals surface area contributed by atoms with Gasteiger partial charge in [0.25, 0.3) is 0 Å². The summed E-state index contributed by atoms with van der Waals surface area (Å²) in [6, 6.07) is 0. The minimum absolute atomic E-state index is 0. The maximum absolute atomic E-state index is 9.26. The summed E-state index contributed by atoms with van der Waals surface area (Å²) in [6.07, 6.45) is 0. The third-order valence-electron chi connectivity index (χ3n) is 2.68. The summed E-state index contributed by atoms with van der Waals surface area (Å²) < 4.78 is 38.8. The van der Waals surface area contributed by atoms with Gasteiger partial charge >= 0.3 is 56.5 Å². The molecule has 0 aliphatic rings. The first kappa shape index (κ1) is 49.5. The molecule has 0 aliphatic heterocycles. The van der Waals surface area contributed by atoms with Gasteiger partial charge in [-0.3, -0.25) is 0 Å². The molecule has 0 aromatic carbocycles. The van der Waals surface area contributed by atoms with Crippen LogP contribution in [0, 0.1) is 33.3 Å². The Morgan fingerprint density at radius 2 is 0.792 bits per heavy atom. The van der Waals surface area contributed by atoms with Crippen molar-refractivity contribution in [2.24, 2.45) is 0 Å². The summed E-state index contributed by atoms with van der Waals surface area (Å²) in [5.74, 6) is 0. The van der Waals surface area contributed by atoms with Crippen molar-refractivity contribution in [1.82, 2.24) is 0 Å². The zero-order valence-electron chi connectivity index (χ0n) is 14.5. The topological polar surface area (TPSA) is 117 Å². The van der Waals surface area contributed by atoms with Crippen molar-refractivity contribution in [3.8, 4) is 0 Å². The Labute approximate surface area is 165 Å². The predicted molar refractivity (Wildman–Crippen MR) is 80.1 cm³/mol. The molecule has 0 heterocycles. The zero-order chi connectivity index (χ0) is 20.9. The summed E-state index contributed by atoms with van der Waals surface area (Å²) in [5, 5.41) is -0.250. The van der Waals surface area contributed by atoms with Crippen LogP contribution < -0.4 is 0 Å². The predicted octanol–water partition coefficient (Wildman–Crippen LogP) is 1.77. The van der Waals surface area contributed by atoms with Crippen molar-refractivity contribution in [2.75, 3.05) is 26.2 Å².